The lowest BCUT2D eigenvalue weighted by Gasteiger charge is -2.32. The summed E-state index contributed by atoms with van der Waals surface area (Å²) in [7, 11) is 0. The van der Waals surface area contributed by atoms with Crippen LogP contribution < -0.4 is 0 Å². The number of carbonyl (C=O) groups is 1. The Morgan fingerprint density at radius 1 is 1.04 bits per heavy atom. The number of amides is 1. The van der Waals surface area contributed by atoms with Gasteiger partial charge in [-0.1, -0.05) is 24.3 Å². The number of piperidine rings is 1. The lowest BCUT2D eigenvalue weighted by atomic mass is 9.92. The summed E-state index contributed by atoms with van der Waals surface area (Å²) in [5, 5.41) is 4.27. The number of rotatable bonds is 5. The minimum Gasteiger partial charge on any atom is -0.343 e. The average Bonchev–Trinajstić information content (AvgIpc) is 3.29. The van der Waals surface area contributed by atoms with Gasteiger partial charge in [0.25, 0.3) is 0 Å². The predicted octanol–water partition coefficient (Wildman–Crippen LogP) is 3.32. The molecule has 4 nitrogen and oxygen atoms in total. The van der Waals surface area contributed by atoms with Gasteiger partial charge in [0.15, 0.2) is 0 Å². The zero-order valence-corrected chi connectivity index (χ0v) is 14.8. The molecule has 0 bridgehead atoms. The number of nitrogens with zero attached hydrogens (tertiary/aromatic N) is 3. The van der Waals surface area contributed by atoms with Crippen molar-refractivity contribution >= 4 is 5.91 Å². The van der Waals surface area contributed by atoms with Crippen molar-refractivity contribution in [2.24, 2.45) is 11.8 Å². The Morgan fingerprint density at radius 2 is 1.76 bits per heavy atom. The second kappa shape index (κ2) is 7.42. The third kappa shape index (κ3) is 3.94. The molecule has 0 saturated carbocycles. The van der Waals surface area contributed by atoms with E-state index in [1.54, 1.807) is 0 Å². The van der Waals surface area contributed by atoms with E-state index in [1.807, 2.05) is 23.1 Å². The van der Waals surface area contributed by atoms with E-state index in [-0.39, 0.29) is 0 Å². The van der Waals surface area contributed by atoms with Crippen molar-refractivity contribution < 1.29 is 4.79 Å². The summed E-state index contributed by atoms with van der Waals surface area (Å²) in [6.07, 6.45) is 10.2. The van der Waals surface area contributed by atoms with Crippen LogP contribution in [0.15, 0.2) is 42.7 Å². The molecule has 0 N–H and O–H groups in total. The topological polar surface area (TPSA) is 38.1 Å². The van der Waals surface area contributed by atoms with Crippen molar-refractivity contribution in [2.45, 2.75) is 45.1 Å². The highest BCUT2D eigenvalue weighted by atomic mass is 16.2. The highest BCUT2D eigenvalue weighted by molar-refractivity contribution is 5.76. The molecule has 1 amide bonds. The molecule has 4 rings (SSSR count). The number of benzene rings is 1. The van der Waals surface area contributed by atoms with Gasteiger partial charge in [-0.25, -0.2) is 0 Å². The van der Waals surface area contributed by atoms with Crippen molar-refractivity contribution in [2.75, 3.05) is 13.1 Å². The van der Waals surface area contributed by atoms with Gasteiger partial charge in [-0.2, -0.15) is 5.10 Å². The number of likely N-dealkylation sites (tertiary alicyclic amines) is 1. The molecule has 0 spiro atoms. The predicted molar refractivity (Wildman–Crippen MR) is 98.1 cm³/mol. The smallest absolute Gasteiger partial charge is 0.222 e. The minimum absolute atomic E-state index is 0.364. The summed E-state index contributed by atoms with van der Waals surface area (Å²) in [6.45, 7) is 2.86. The van der Waals surface area contributed by atoms with Crippen molar-refractivity contribution in [3.8, 4) is 0 Å². The number of fused-ring (bicyclic) bond motifs is 1. The molecule has 25 heavy (non-hydrogen) atoms. The zero-order chi connectivity index (χ0) is 17.1. The molecule has 0 radical (unpaired) electrons. The highest BCUT2D eigenvalue weighted by Crippen LogP contribution is 2.30. The Bertz CT molecular complexity index is 677. The average molecular weight is 337 g/mol. The normalized spacial score (nSPS) is 18.5. The highest BCUT2D eigenvalue weighted by Gasteiger charge is 2.27. The SMILES string of the molecule is O=C(CC1Cc2ccccc2C1)N1CCC(CCn2cccn2)CC1. The summed E-state index contributed by atoms with van der Waals surface area (Å²) in [5.41, 5.74) is 2.88. The Kier molecular flexibility index (Phi) is 4.86. The molecule has 132 valence electrons. The first-order chi connectivity index (χ1) is 12.3. The maximum absolute atomic E-state index is 12.7. The largest absolute Gasteiger partial charge is 0.343 e. The van der Waals surface area contributed by atoms with Crippen LogP contribution in [-0.2, 0) is 24.2 Å². The Morgan fingerprint density at radius 3 is 2.40 bits per heavy atom. The van der Waals surface area contributed by atoms with Gasteiger partial charge in [0.2, 0.25) is 5.91 Å². The van der Waals surface area contributed by atoms with E-state index in [9.17, 15) is 4.79 Å². The first-order valence-corrected chi connectivity index (χ1v) is 9.60. The molecule has 1 aliphatic heterocycles. The maximum Gasteiger partial charge on any atom is 0.222 e. The number of carbonyl (C=O) groups excluding carboxylic acids is 1. The third-order valence-corrected chi connectivity index (χ3v) is 5.89. The van der Waals surface area contributed by atoms with E-state index in [2.05, 4.69) is 34.3 Å². The van der Waals surface area contributed by atoms with Crippen molar-refractivity contribution in [3.05, 3.63) is 53.9 Å². The number of hydrogen-bond donors (Lipinski definition) is 0. The van der Waals surface area contributed by atoms with Gasteiger partial charge in [-0.3, -0.25) is 9.48 Å². The standard InChI is InChI=1S/C21H27N3O/c25-21(16-18-14-19-4-1-2-5-20(19)15-18)23-11-6-17(7-12-23)8-13-24-10-3-9-22-24/h1-5,9-10,17-18H,6-8,11-16H2. The quantitative estimate of drug-likeness (QED) is 0.839. The van der Waals surface area contributed by atoms with Gasteiger partial charge in [-0.05, 0) is 61.1 Å². The summed E-state index contributed by atoms with van der Waals surface area (Å²) in [6, 6.07) is 10.6. The first-order valence-electron chi connectivity index (χ1n) is 9.60. The molecule has 1 fully saturated rings. The van der Waals surface area contributed by atoms with Crippen LogP contribution >= 0.6 is 0 Å². The number of hydrogen-bond acceptors (Lipinski definition) is 2. The molecular formula is C21H27N3O. The number of aromatic nitrogens is 2. The van der Waals surface area contributed by atoms with E-state index in [1.165, 1.54) is 17.5 Å². The third-order valence-electron chi connectivity index (χ3n) is 5.89. The lowest BCUT2D eigenvalue weighted by molar-refractivity contribution is -0.133. The summed E-state index contributed by atoms with van der Waals surface area (Å²) >= 11 is 0. The Balaban J connectivity index is 1.21. The molecule has 1 aliphatic carbocycles. The number of aryl methyl sites for hydroxylation is 1. The van der Waals surface area contributed by atoms with Crippen LogP contribution in [0.1, 0.15) is 36.8 Å². The van der Waals surface area contributed by atoms with Crippen LogP contribution in [0.4, 0.5) is 0 Å². The molecule has 1 saturated heterocycles. The van der Waals surface area contributed by atoms with Crippen LogP contribution in [0.5, 0.6) is 0 Å². The van der Waals surface area contributed by atoms with E-state index in [4.69, 9.17) is 0 Å². The van der Waals surface area contributed by atoms with Crippen molar-refractivity contribution in [3.63, 3.8) is 0 Å². The minimum atomic E-state index is 0.364. The fourth-order valence-corrected chi connectivity index (χ4v) is 4.39. The molecule has 4 heteroatoms. The fourth-order valence-electron chi connectivity index (χ4n) is 4.39. The van der Waals surface area contributed by atoms with E-state index in [0.29, 0.717) is 18.2 Å². The van der Waals surface area contributed by atoms with Crippen LogP contribution in [0.3, 0.4) is 0 Å². The second-order valence-electron chi connectivity index (χ2n) is 7.63. The van der Waals surface area contributed by atoms with Crippen LogP contribution in [0.2, 0.25) is 0 Å². The monoisotopic (exact) mass is 337 g/mol. The van der Waals surface area contributed by atoms with E-state index in [0.717, 1.165) is 51.2 Å². The molecule has 2 aliphatic rings. The van der Waals surface area contributed by atoms with Crippen LogP contribution in [-0.4, -0.2) is 33.7 Å². The zero-order valence-electron chi connectivity index (χ0n) is 14.8. The molecule has 0 unspecified atom stereocenters. The van der Waals surface area contributed by atoms with Gasteiger partial charge in [0.05, 0.1) is 0 Å². The Hall–Kier alpha value is -2.10. The van der Waals surface area contributed by atoms with Crippen molar-refractivity contribution in [1.29, 1.82) is 0 Å². The van der Waals surface area contributed by atoms with Crippen LogP contribution in [0.25, 0.3) is 0 Å². The summed E-state index contributed by atoms with van der Waals surface area (Å²) in [5.74, 6) is 1.59. The van der Waals surface area contributed by atoms with Crippen LogP contribution in [0, 0.1) is 11.8 Å². The first kappa shape index (κ1) is 16.4. The molecular weight excluding hydrogens is 310 g/mol. The van der Waals surface area contributed by atoms with Gasteiger partial charge >= 0.3 is 0 Å². The molecule has 2 aromatic rings. The lowest BCUT2D eigenvalue weighted by Crippen LogP contribution is -2.39. The Labute approximate surface area is 149 Å². The van der Waals surface area contributed by atoms with Gasteiger partial charge < -0.3 is 4.90 Å². The van der Waals surface area contributed by atoms with E-state index >= 15 is 0 Å². The molecule has 2 heterocycles. The summed E-state index contributed by atoms with van der Waals surface area (Å²) in [4.78, 5) is 14.8. The van der Waals surface area contributed by atoms with Gasteiger partial charge in [0, 0.05) is 38.4 Å². The van der Waals surface area contributed by atoms with Gasteiger partial charge in [-0.15, -0.1) is 0 Å². The molecule has 0 atom stereocenters. The van der Waals surface area contributed by atoms with Crippen molar-refractivity contribution in [1.82, 2.24) is 14.7 Å². The maximum atomic E-state index is 12.7. The van der Waals surface area contributed by atoms with Gasteiger partial charge in [0.1, 0.15) is 0 Å². The second-order valence-corrected chi connectivity index (χ2v) is 7.63. The molecule has 1 aromatic carbocycles. The fraction of sp³-hybridized carbons (Fsp3) is 0.524. The molecule has 1 aromatic heterocycles. The summed E-state index contributed by atoms with van der Waals surface area (Å²) < 4.78 is 2.01. The van der Waals surface area contributed by atoms with E-state index < -0.39 is 0 Å².